The zero-order chi connectivity index (χ0) is 13.8. The Labute approximate surface area is 120 Å². The van der Waals surface area contributed by atoms with Crippen molar-refractivity contribution >= 4 is 5.91 Å². The van der Waals surface area contributed by atoms with Crippen molar-refractivity contribution in [2.45, 2.75) is 44.9 Å². The summed E-state index contributed by atoms with van der Waals surface area (Å²) >= 11 is 0. The van der Waals surface area contributed by atoms with Gasteiger partial charge in [0.05, 0.1) is 6.61 Å². The molecular formula is C17H23NO2. The summed E-state index contributed by atoms with van der Waals surface area (Å²) in [6.07, 6.45) is 7.65. The average Bonchev–Trinajstić information content (AvgIpc) is 3.13. The highest BCUT2D eigenvalue weighted by Crippen LogP contribution is 2.28. The molecule has 0 bridgehead atoms. The number of amides is 1. The molecule has 0 saturated heterocycles. The van der Waals surface area contributed by atoms with Crippen molar-refractivity contribution in [1.82, 2.24) is 5.32 Å². The van der Waals surface area contributed by atoms with Gasteiger partial charge in [0.2, 0.25) is 5.91 Å². The highest BCUT2D eigenvalue weighted by molar-refractivity contribution is 5.78. The normalized spacial score (nSPS) is 17.8. The van der Waals surface area contributed by atoms with E-state index in [0.717, 1.165) is 51.0 Å². The molecule has 20 heavy (non-hydrogen) atoms. The van der Waals surface area contributed by atoms with Crippen LogP contribution >= 0.6 is 0 Å². The van der Waals surface area contributed by atoms with Gasteiger partial charge in [-0.3, -0.25) is 4.79 Å². The lowest BCUT2D eigenvalue weighted by molar-refractivity contribution is -0.124. The molecule has 1 amide bonds. The van der Waals surface area contributed by atoms with Gasteiger partial charge >= 0.3 is 0 Å². The maximum atomic E-state index is 11.9. The number of rotatable bonds is 5. The highest BCUT2D eigenvalue weighted by Gasteiger charge is 2.22. The molecule has 1 saturated carbocycles. The summed E-state index contributed by atoms with van der Waals surface area (Å²) in [5.74, 6) is 1.60. The number of ether oxygens (including phenoxy) is 1. The van der Waals surface area contributed by atoms with Gasteiger partial charge in [0.1, 0.15) is 5.75 Å². The van der Waals surface area contributed by atoms with Crippen molar-refractivity contribution in [2.24, 2.45) is 5.92 Å². The number of benzene rings is 1. The van der Waals surface area contributed by atoms with Crippen molar-refractivity contribution in [3.05, 3.63) is 29.3 Å². The van der Waals surface area contributed by atoms with Crippen LogP contribution in [0, 0.1) is 5.92 Å². The molecule has 0 aromatic heterocycles. The van der Waals surface area contributed by atoms with E-state index in [1.54, 1.807) is 0 Å². The third kappa shape index (κ3) is 2.97. The van der Waals surface area contributed by atoms with Crippen LogP contribution in [0.2, 0.25) is 0 Å². The third-order valence-corrected chi connectivity index (χ3v) is 4.49. The van der Waals surface area contributed by atoms with Crippen LogP contribution in [-0.2, 0) is 17.6 Å². The van der Waals surface area contributed by atoms with Crippen molar-refractivity contribution in [3.63, 3.8) is 0 Å². The van der Waals surface area contributed by atoms with Gasteiger partial charge in [-0.2, -0.15) is 0 Å². The maximum Gasteiger partial charge on any atom is 0.223 e. The summed E-state index contributed by atoms with van der Waals surface area (Å²) in [4.78, 5) is 11.9. The van der Waals surface area contributed by atoms with Gasteiger partial charge in [0, 0.05) is 24.4 Å². The second kappa shape index (κ2) is 6.29. The summed E-state index contributed by atoms with van der Waals surface area (Å²) in [7, 11) is 0. The molecule has 2 aliphatic rings. The van der Waals surface area contributed by atoms with Crippen LogP contribution in [0.3, 0.4) is 0 Å². The molecule has 0 radical (unpaired) electrons. The Balaban J connectivity index is 1.44. The zero-order valence-electron chi connectivity index (χ0n) is 12.0. The first-order valence-electron chi connectivity index (χ1n) is 7.86. The van der Waals surface area contributed by atoms with Gasteiger partial charge in [-0.1, -0.05) is 25.0 Å². The topological polar surface area (TPSA) is 38.3 Å². The third-order valence-electron chi connectivity index (χ3n) is 4.49. The molecule has 0 unspecified atom stereocenters. The van der Waals surface area contributed by atoms with Crippen LogP contribution in [0.25, 0.3) is 0 Å². The largest absolute Gasteiger partial charge is 0.493 e. The minimum absolute atomic E-state index is 0.268. The van der Waals surface area contributed by atoms with Gasteiger partial charge in [-0.15, -0.1) is 0 Å². The van der Waals surface area contributed by atoms with E-state index in [2.05, 4.69) is 17.4 Å². The molecule has 3 nitrogen and oxygen atoms in total. The first-order chi connectivity index (χ1) is 9.84. The number of carbonyl (C=O) groups excluding carboxylic acids is 1. The van der Waals surface area contributed by atoms with Gasteiger partial charge in [0.15, 0.2) is 0 Å². The Hall–Kier alpha value is -1.51. The Kier molecular flexibility index (Phi) is 4.24. The fraction of sp³-hybridized carbons (Fsp3) is 0.588. The van der Waals surface area contributed by atoms with Gasteiger partial charge in [0.25, 0.3) is 0 Å². The number of carbonyl (C=O) groups is 1. The Morgan fingerprint density at radius 2 is 2.15 bits per heavy atom. The number of hydrogen-bond donors (Lipinski definition) is 1. The summed E-state index contributed by atoms with van der Waals surface area (Å²) in [6.45, 7) is 1.60. The average molecular weight is 273 g/mol. The molecule has 1 aromatic carbocycles. The number of aryl methyl sites for hydroxylation is 1. The molecule has 108 valence electrons. The van der Waals surface area contributed by atoms with E-state index in [0.29, 0.717) is 0 Å². The molecule has 0 spiro atoms. The highest BCUT2D eigenvalue weighted by atomic mass is 16.5. The Morgan fingerprint density at radius 3 is 3.00 bits per heavy atom. The van der Waals surface area contributed by atoms with Crippen molar-refractivity contribution in [1.29, 1.82) is 0 Å². The van der Waals surface area contributed by atoms with Crippen molar-refractivity contribution < 1.29 is 9.53 Å². The second-order valence-corrected chi connectivity index (χ2v) is 5.87. The summed E-state index contributed by atoms with van der Waals surface area (Å²) in [5, 5.41) is 3.09. The van der Waals surface area contributed by atoms with Crippen molar-refractivity contribution in [2.75, 3.05) is 13.2 Å². The van der Waals surface area contributed by atoms with Crippen molar-refractivity contribution in [3.8, 4) is 5.75 Å². The number of hydrogen-bond acceptors (Lipinski definition) is 2. The van der Waals surface area contributed by atoms with E-state index >= 15 is 0 Å². The minimum atomic E-state index is 0.268. The van der Waals surface area contributed by atoms with Crippen LogP contribution < -0.4 is 10.1 Å². The summed E-state index contributed by atoms with van der Waals surface area (Å²) < 4.78 is 5.58. The Bertz CT molecular complexity index is 478. The van der Waals surface area contributed by atoms with E-state index in [9.17, 15) is 4.79 Å². The predicted molar refractivity (Wildman–Crippen MR) is 78.9 cm³/mol. The quantitative estimate of drug-likeness (QED) is 0.838. The van der Waals surface area contributed by atoms with Crippen LogP contribution in [-0.4, -0.2) is 19.1 Å². The van der Waals surface area contributed by atoms with E-state index in [1.807, 2.05) is 6.07 Å². The summed E-state index contributed by atoms with van der Waals surface area (Å²) in [5.41, 5.74) is 2.75. The molecule has 0 atom stereocenters. The maximum absolute atomic E-state index is 11.9. The summed E-state index contributed by atoms with van der Waals surface area (Å²) in [6, 6.07) is 6.30. The first kappa shape index (κ1) is 13.5. The molecule has 1 N–H and O–H groups in total. The standard InChI is InChI=1S/C17H23NO2/c19-17(14-5-1-2-6-14)18-11-4-8-13-7-3-9-16-15(13)10-12-20-16/h3,7,9,14H,1-2,4-6,8,10-12H2,(H,18,19). The van der Waals surface area contributed by atoms with Crippen LogP contribution in [0.1, 0.15) is 43.2 Å². The van der Waals surface area contributed by atoms with E-state index in [1.165, 1.54) is 24.0 Å². The van der Waals surface area contributed by atoms with E-state index < -0.39 is 0 Å². The van der Waals surface area contributed by atoms with E-state index in [4.69, 9.17) is 4.74 Å². The Morgan fingerprint density at radius 1 is 1.30 bits per heavy atom. The van der Waals surface area contributed by atoms with Crippen LogP contribution in [0.5, 0.6) is 5.75 Å². The van der Waals surface area contributed by atoms with Gasteiger partial charge in [-0.25, -0.2) is 0 Å². The predicted octanol–water partition coefficient (Wildman–Crippen LogP) is 2.86. The fourth-order valence-corrected chi connectivity index (χ4v) is 3.35. The fourth-order valence-electron chi connectivity index (χ4n) is 3.35. The van der Waals surface area contributed by atoms with Gasteiger partial charge in [-0.05, 0) is 37.3 Å². The molecule has 1 aliphatic carbocycles. The minimum Gasteiger partial charge on any atom is -0.493 e. The molecule has 3 heteroatoms. The lowest BCUT2D eigenvalue weighted by Crippen LogP contribution is -2.30. The lowest BCUT2D eigenvalue weighted by Gasteiger charge is -2.11. The monoisotopic (exact) mass is 273 g/mol. The van der Waals surface area contributed by atoms with Gasteiger partial charge < -0.3 is 10.1 Å². The van der Waals surface area contributed by atoms with Crippen LogP contribution in [0.15, 0.2) is 18.2 Å². The number of nitrogens with one attached hydrogen (secondary N) is 1. The molecule has 1 aliphatic heterocycles. The zero-order valence-corrected chi connectivity index (χ0v) is 12.0. The van der Waals surface area contributed by atoms with E-state index in [-0.39, 0.29) is 11.8 Å². The second-order valence-electron chi connectivity index (χ2n) is 5.87. The molecule has 3 rings (SSSR count). The number of fused-ring (bicyclic) bond motifs is 1. The molecule has 1 fully saturated rings. The first-order valence-corrected chi connectivity index (χ1v) is 7.86. The lowest BCUT2D eigenvalue weighted by atomic mass is 10.0. The molecule has 1 heterocycles. The molecular weight excluding hydrogens is 250 g/mol. The molecule has 1 aromatic rings. The SMILES string of the molecule is O=C(NCCCc1cccc2c1CCO2)C1CCCC1. The smallest absolute Gasteiger partial charge is 0.223 e. The van der Waals surface area contributed by atoms with Crippen LogP contribution in [0.4, 0.5) is 0 Å².